The molecule has 0 atom stereocenters. The number of quaternary nitrogens is 1. The topological polar surface area (TPSA) is 0 Å². The molecule has 0 fully saturated rings. The molecular weight excluding hydrogens is 808 g/mol. The van der Waals surface area contributed by atoms with Crippen molar-refractivity contribution in [3.05, 3.63) is 0 Å². The zero-order chi connectivity index (χ0) is 24.3. The monoisotopic (exact) mass is 872 g/mol. The first-order chi connectivity index (χ1) is 16.2. The normalized spacial score (nSPS) is 10.4. The van der Waals surface area contributed by atoms with Crippen LogP contribution in [0.15, 0.2) is 0 Å². The maximum absolute atomic E-state index is 2.34. The Labute approximate surface area is 298 Å². The minimum Gasteiger partial charge on any atom is -1.00 e. The minimum atomic E-state index is 0. The molecule has 0 aromatic carbocycles. The summed E-state index contributed by atoms with van der Waals surface area (Å²) < 4.78 is 1.48. The third-order valence-electron chi connectivity index (χ3n) is 7.94. The Kier molecular flexibility index (Phi) is 61.6. The first-order valence-electron chi connectivity index (χ1n) is 16.1. The van der Waals surface area contributed by atoms with Crippen LogP contribution in [0.5, 0.6) is 0 Å². The van der Waals surface area contributed by atoms with Gasteiger partial charge in [-0.05, 0) is 51.4 Å². The summed E-state index contributed by atoms with van der Waals surface area (Å²) in [5, 5.41) is 0. The zero-order valence-corrected chi connectivity index (χ0v) is 33.3. The Hall–Kier alpha value is 2.58. The molecule has 0 aromatic rings. The van der Waals surface area contributed by atoms with Gasteiger partial charge in [-0.25, -0.2) is 0 Å². The van der Waals surface area contributed by atoms with E-state index in [1.807, 2.05) is 0 Å². The van der Waals surface area contributed by atoms with Gasteiger partial charge in [0.15, 0.2) is 0 Å². The number of halogens is 3. The summed E-state index contributed by atoms with van der Waals surface area (Å²) in [6.45, 7) is 15.3. The first kappa shape index (κ1) is 53.2. The molecule has 0 aliphatic carbocycles. The third-order valence-corrected chi connectivity index (χ3v) is 7.94. The Morgan fingerprint density at radius 3 is 0.632 bits per heavy atom. The fraction of sp³-hybridized carbons (Fsp3) is 1.00. The van der Waals surface area contributed by atoms with Crippen molar-refractivity contribution in [2.45, 2.75) is 182 Å². The molecule has 243 valence electrons. The van der Waals surface area contributed by atoms with Gasteiger partial charge in [0.05, 0.1) is 26.2 Å². The van der Waals surface area contributed by atoms with E-state index in [2.05, 4.69) is 27.7 Å². The first-order valence-corrected chi connectivity index (χ1v) is 16.1. The largest absolute Gasteiger partial charge is 2.00 e. The Morgan fingerprint density at radius 1 is 0.289 bits per heavy atom. The van der Waals surface area contributed by atoms with E-state index in [0.717, 1.165) is 0 Å². The van der Waals surface area contributed by atoms with Crippen molar-refractivity contribution in [3.8, 4) is 0 Å². The number of rotatable bonds is 28. The van der Waals surface area contributed by atoms with E-state index in [1.165, 1.54) is 185 Å². The number of hydrogen-bond acceptors (Lipinski definition) is 0. The molecule has 0 aliphatic rings. The van der Waals surface area contributed by atoms with E-state index in [9.17, 15) is 0 Å². The Bertz CT molecular complexity index is 309. The SMILES string of the molecule is CCCCCCCC[N+](CCCCCCCC)(CCCCCCCC)CCCCCCCC.[Br-].[Br-].[Br-].[Cu+2].[Pd]. The van der Waals surface area contributed by atoms with Crippen molar-refractivity contribution in [2.24, 2.45) is 0 Å². The zero-order valence-electron chi connectivity index (χ0n) is 26.0. The molecule has 0 amide bonds. The van der Waals surface area contributed by atoms with Gasteiger partial charge in [0.1, 0.15) is 0 Å². The number of hydrogen-bond donors (Lipinski definition) is 0. The van der Waals surface area contributed by atoms with Crippen LogP contribution in [-0.2, 0) is 37.5 Å². The smallest absolute Gasteiger partial charge is 1.00 e. The molecule has 6 heteroatoms. The van der Waals surface area contributed by atoms with E-state index >= 15 is 0 Å². The molecule has 0 unspecified atom stereocenters. The Balaban J connectivity index is -0.000000512. The molecule has 0 aromatic heterocycles. The molecule has 0 N–H and O–H groups in total. The fourth-order valence-electron chi connectivity index (χ4n) is 5.58. The molecule has 0 bridgehead atoms. The molecule has 0 rings (SSSR count). The van der Waals surface area contributed by atoms with Gasteiger partial charge < -0.3 is 55.4 Å². The molecular formula is C32H68Br3CuNPd. The maximum atomic E-state index is 2.34. The summed E-state index contributed by atoms with van der Waals surface area (Å²) in [4.78, 5) is 0. The minimum absolute atomic E-state index is 0. The summed E-state index contributed by atoms with van der Waals surface area (Å²) in [6, 6.07) is 0. The molecule has 0 saturated heterocycles. The van der Waals surface area contributed by atoms with Crippen molar-refractivity contribution in [1.82, 2.24) is 0 Å². The standard InChI is InChI=1S/C32H68N.3BrH.Cu.Pd/c1-5-9-13-17-21-25-29-33(30-26-22-18-14-10-6-2,31-27-23-19-15-11-7-3)32-28-24-20-16-12-8-4;;;;;/h5-32H2,1-4H3;3*1H;;/q+1;;;;+2;/p-3. The quantitative estimate of drug-likeness (QED) is 0.0644. The van der Waals surface area contributed by atoms with Crippen LogP contribution in [0.4, 0.5) is 0 Å². The average molecular weight is 877 g/mol. The van der Waals surface area contributed by atoms with Gasteiger partial charge in [0, 0.05) is 20.4 Å². The molecule has 0 aliphatic heterocycles. The summed E-state index contributed by atoms with van der Waals surface area (Å²) in [5.74, 6) is 0. The van der Waals surface area contributed by atoms with Crippen LogP contribution in [0.2, 0.25) is 0 Å². The van der Waals surface area contributed by atoms with Crippen molar-refractivity contribution in [1.29, 1.82) is 0 Å². The van der Waals surface area contributed by atoms with Gasteiger partial charge in [0.25, 0.3) is 0 Å². The summed E-state index contributed by atoms with van der Waals surface area (Å²) in [5.41, 5.74) is 0. The van der Waals surface area contributed by atoms with Crippen LogP contribution in [0.3, 0.4) is 0 Å². The van der Waals surface area contributed by atoms with E-state index in [1.54, 1.807) is 0 Å². The van der Waals surface area contributed by atoms with E-state index in [-0.39, 0.29) is 88.4 Å². The number of nitrogens with zero attached hydrogens (tertiary/aromatic N) is 1. The summed E-state index contributed by atoms with van der Waals surface area (Å²) in [7, 11) is 0. The predicted octanol–water partition coefficient (Wildman–Crippen LogP) is 2.25. The van der Waals surface area contributed by atoms with E-state index < -0.39 is 0 Å². The summed E-state index contributed by atoms with van der Waals surface area (Å²) >= 11 is 0. The van der Waals surface area contributed by atoms with Crippen LogP contribution >= 0.6 is 0 Å². The van der Waals surface area contributed by atoms with Crippen LogP contribution in [0.1, 0.15) is 182 Å². The van der Waals surface area contributed by atoms with Crippen molar-refractivity contribution >= 4 is 0 Å². The summed E-state index contributed by atoms with van der Waals surface area (Å²) in [6.07, 6.45) is 34.8. The third kappa shape index (κ3) is 36.6. The van der Waals surface area contributed by atoms with E-state index in [0.29, 0.717) is 0 Å². The molecule has 0 spiro atoms. The van der Waals surface area contributed by atoms with Crippen LogP contribution in [0.25, 0.3) is 0 Å². The van der Waals surface area contributed by atoms with Gasteiger partial charge >= 0.3 is 17.1 Å². The van der Waals surface area contributed by atoms with Crippen molar-refractivity contribution in [2.75, 3.05) is 26.2 Å². The van der Waals surface area contributed by atoms with Crippen LogP contribution < -0.4 is 50.9 Å². The average Bonchev–Trinajstić information content (AvgIpc) is 2.83. The van der Waals surface area contributed by atoms with Gasteiger partial charge in [-0.1, -0.05) is 130 Å². The Morgan fingerprint density at radius 2 is 0.447 bits per heavy atom. The van der Waals surface area contributed by atoms with Gasteiger partial charge in [-0.3, -0.25) is 0 Å². The molecule has 0 heterocycles. The maximum Gasteiger partial charge on any atom is 2.00 e. The second-order valence-electron chi connectivity index (χ2n) is 11.3. The molecule has 38 heavy (non-hydrogen) atoms. The van der Waals surface area contributed by atoms with Gasteiger partial charge in [-0.2, -0.15) is 0 Å². The van der Waals surface area contributed by atoms with Crippen molar-refractivity contribution < 1.29 is 92.9 Å². The van der Waals surface area contributed by atoms with Crippen LogP contribution in [-0.4, -0.2) is 30.7 Å². The molecule has 0 saturated carbocycles. The second-order valence-corrected chi connectivity index (χ2v) is 11.3. The van der Waals surface area contributed by atoms with Crippen LogP contribution in [0, 0.1) is 0 Å². The second kappa shape index (κ2) is 44.0. The van der Waals surface area contributed by atoms with Gasteiger partial charge in [0.2, 0.25) is 0 Å². The van der Waals surface area contributed by atoms with E-state index in [4.69, 9.17) is 0 Å². The fourth-order valence-corrected chi connectivity index (χ4v) is 5.58. The molecule has 1 nitrogen and oxygen atoms in total. The molecule has 1 radical (unpaired) electrons. The van der Waals surface area contributed by atoms with Crippen molar-refractivity contribution in [3.63, 3.8) is 0 Å². The number of unbranched alkanes of at least 4 members (excludes halogenated alkanes) is 20. The predicted molar refractivity (Wildman–Crippen MR) is 153 cm³/mol. The van der Waals surface area contributed by atoms with Gasteiger partial charge in [-0.15, -0.1) is 0 Å².